The second-order valence-electron chi connectivity index (χ2n) is 5.45. The maximum atomic E-state index is 5.33. The predicted molar refractivity (Wildman–Crippen MR) is 88.4 cm³/mol. The molecule has 1 saturated heterocycles. The van der Waals surface area contributed by atoms with Crippen molar-refractivity contribution in [2.45, 2.75) is 19.8 Å². The topological polar surface area (TPSA) is 50.3 Å². The van der Waals surface area contributed by atoms with Gasteiger partial charge in [0.15, 0.2) is 0 Å². The molecular weight excluding hydrogens is 284 g/mol. The Labute approximate surface area is 129 Å². The monoisotopic (exact) mass is 306 g/mol. The fourth-order valence-corrected chi connectivity index (χ4v) is 3.71. The van der Waals surface area contributed by atoms with E-state index in [1.807, 2.05) is 0 Å². The highest BCUT2D eigenvalue weighted by Crippen LogP contribution is 2.31. The average molecular weight is 306 g/mol. The number of nitrogens with one attached hydrogen (secondary N) is 1. The molecule has 1 aliphatic rings. The van der Waals surface area contributed by atoms with E-state index in [0.29, 0.717) is 5.92 Å². The number of methoxy groups -OCH3 is 1. The lowest BCUT2D eigenvalue weighted by molar-refractivity contribution is 0.143. The third-order valence-corrected chi connectivity index (χ3v) is 4.67. The summed E-state index contributed by atoms with van der Waals surface area (Å²) in [7, 11) is 1.78. The van der Waals surface area contributed by atoms with Crippen LogP contribution in [0.3, 0.4) is 0 Å². The summed E-state index contributed by atoms with van der Waals surface area (Å²) >= 11 is 1.67. The largest absolute Gasteiger partial charge is 0.384 e. The van der Waals surface area contributed by atoms with E-state index in [1.54, 1.807) is 18.4 Å². The lowest BCUT2D eigenvalue weighted by Crippen LogP contribution is -2.37. The van der Waals surface area contributed by atoms with Gasteiger partial charge < -0.3 is 15.0 Å². The maximum Gasteiger partial charge on any atom is 0.226 e. The zero-order chi connectivity index (χ0) is 14.7. The van der Waals surface area contributed by atoms with E-state index in [4.69, 9.17) is 9.72 Å². The van der Waals surface area contributed by atoms with Crippen LogP contribution in [0.25, 0.3) is 10.2 Å². The molecule has 0 radical (unpaired) electrons. The summed E-state index contributed by atoms with van der Waals surface area (Å²) < 4.78 is 5.33. The van der Waals surface area contributed by atoms with Crippen molar-refractivity contribution in [1.82, 2.24) is 9.97 Å². The first kappa shape index (κ1) is 14.5. The SMILES string of the molecule is CCNc1nc(N2CCCC(COC)C2)c2ccsc2n1. The molecule has 1 unspecified atom stereocenters. The Hall–Kier alpha value is -1.40. The van der Waals surface area contributed by atoms with Crippen LogP contribution in [0.5, 0.6) is 0 Å². The zero-order valence-electron chi connectivity index (χ0n) is 12.6. The third-order valence-electron chi connectivity index (χ3n) is 3.86. The van der Waals surface area contributed by atoms with Crippen LogP contribution in [0.15, 0.2) is 11.4 Å². The first-order valence-corrected chi connectivity index (χ1v) is 8.42. The molecule has 114 valence electrons. The lowest BCUT2D eigenvalue weighted by Gasteiger charge is -2.33. The molecule has 2 aromatic heterocycles. The minimum atomic E-state index is 0.593. The minimum Gasteiger partial charge on any atom is -0.384 e. The van der Waals surface area contributed by atoms with E-state index in [0.717, 1.165) is 42.8 Å². The number of anilines is 2. The van der Waals surface area contributed by atoms with Crippen LogP contribution in [0.2, 0.25) is 0 Å². The Morgan fingerprint density at radius 1 is 1.48 bits per heavy atom. The fourth-order valence-electron chi connectivity index (χ4n) is 2.95. The summed E-state index contributed by atoms with van der Waals surface area (Å²) in [6.07, 6.45) is 2.43. The number of piperidine rings is 1. The maximum absolute atomic E-state index is 5.33. The molecule has 0 amide bonds. The van der Waals surface area contributed by atoms with E-state index in [9.17, 15) is 0 Å². The highest BCUT2D eigenvalue weighted by atomic mass is 32.1. The Morgan fingerprint density at radius 3 is 3.19 bits per heavy atom. The van der Waals surface area contributed by atoms with Crippen LogP contribution in [0, 0.1) is 5.92 Å². The van der Waals surface area contributed by atoms with Crippen molar-refractivity contribution in [3.63, 3.8) is 0 Å². The van der Waals surface area contributed by atoms with Crippen molar-refractivity contribution in [1.29, 1.82) is 0 Å². The molecule has 0 spiro atoms. The van der Waals surface area contributed by atoms with Gasteiger partial charge in [-0.2, -0.15) is 4.98 Å². The predicted octanol–water partition coefficient (Wildman–Crippen LogP) is 2.99. The van der Waals surface area contributed by atoms with Gasteiger partial charge in [0, 0.05) is 26.7 Å². The summed E-state index contributed by atoms with van der Waals surface area (Å²) in [4.78, 5) is 12.8. The van der Waals surface area contributed by atoms with Crippen molar-refractivity contribution in [2.75, 3.05) is 43.6 Å². The van der Waals surface area contributed by atoms with Crippen molar-refractivity contribution >= 4 is 33.3 Å². The van der Waals surface area contributed by atoms with Gasteiger partial charge in [-0.05, 0) is 37.1 Å². The van der Waals surface area contributed by atoms with E-state index in [-0.39, 0.29) is 0 Å². The lowest BCUT2D eigenvalue weighted by atomic mass is 9.99. The highest BCUT2D eigenvalue weighted by molar-refractivity contribution is 7.16. The van der Waals surface area contributed by atoms with Crippen LogP contribution >= 0.6 is 11.3 Å². The van der Waals surface area contributed by atoms with Crippen LogP contribution in [-0.4, -0.2) is 43.3 Å². The van der Waals surface area contributed by atoms with E-state index < -0.39 is 0 Å². The van der Waals surface area contributed by atoms with E-state index >= 15 is 0 Å². The molecule has 2 aromatic rings. The van der Waals surface area contributed by atoms with Crippen LogP contribution < -0.4 is 10.2 Å². The number of thiophene rings is 1. The molecule has 0 aromatic carbocycles. The van der Waals surface area contributed by atoms with Gasteiger partial charge >= 0.3 is 0 Å². The molecule has 5 nitrogen and oxygen atoms in total. The molecule has 6 heteroatoms. The number of nitrogens with zero attached hydrogens (tertiary/aromatic N) is 3. The van der Waals surface area contributed by atoms with Crippen LogP contribution in [-0.2, 0) is 4.74 Å². The smallest absolute Gasteiger partial charge is 0.226 e. The van der Waals surface area contributed by atoms with Crippen molar-refractivity contribution < 1.29 is 4.74 Å². The normalized spacial score (nSPS) is 19.1. The molecule has 1 atom stereocenters. The first-order chi connectivity index (χ1) is 10.3. The first-order valence-electron chi connectivity index (χ1n) is 7.54. The Morgan fingerprint density at radius 2 is 2.38 bits per heavy atom. The number of aromatic nitrogens is 2. The molecule has 3 heterocycles. The molecule has 21 heavy (non-hydrogen) atoms. The standard InChI is InChI=1S/C15H22N4OS/c1-3-16-15-17-13(12-6-8-21-14(12)18-15)19-7-4-5-11(9-19)10-20-2/h6,8,11H,3-5,7,9-10H2,1-2H3,(H,16,17,18). The van der Waals surface area contributed by atoms with Gasteiger partial charge in [-0.15, -0.1) is 11.3 Å². The van der Waals surface area contributed by atoms with Crippen molar-refractivity contribution in [3.8, 4) is 0 Å². The Kier molecular flexibility index (Phi) is 4.55. The third kappa shape index (κ3) is 3.11. The number of hydrogen-bond donors (Lipinski definition) is 1. The second kappa shape index (κ2) is 6.58. The van der Waals surface area contributed by atoms with Gasteiger partial charge in [0.05, 0.1) is 12.0 Å². The summed E-state index contributed by atoms with van der Waals surface area (Å²) in [5.41, 5.74) is 0. The van der Waals surface area contributed by atoms with E-state index in [1.165, 1.54) is 18.2 Å². The minimum absolute atomic E-state index is 0.593. The quantitative estimate of drug-likeness (QED) is 0.920. The molecule has 1 N–H and O–H groups in total. The average Bonchev–Trinajstić information content (AvgIpc) is 2.96. The Bertz CT molecular complexity index is 598. The van der Waals surface area contributed by atoms with Gasteiger partial charge in [0.25, 0.3) is 0 Å². The van der Waals surface area contributed by atoms with Gasteiger partial charge in [-0.1, -0.05) is 0 Å². The van der Waals surface area contributed by atoms with Crippen LogP contribution in [0.4, 0.5) is 11.8 Å². The fraction of sp³-hybridized carbons (Fsp3) is 0.600. The summed E-state index contributed by atoms with van der Waals surface area (Å²) in [5, 5.41) is 6.50. The van der Waals surface area contributed by atoms with Gasteiger partial charge in [-0.25, -0.2) is 4.98 Å². The molecule has 0 saturated carbocycles. The molecular formula is C15H22N4OS. The number of ether oxygens (including phenoxy) is 1. The van der Waals surface area contributed by atoms with Gasteiger partial charge in [0.2, 0.25) is 5.95 Å². The van der Waals surface area contributed by atoms with Crippen LogP contribution in [0.1, 0.15) is 19.8 Å². The molecule has 0 aliphatic carbocycles. The highest BCUT2D eigenvalue weighted by Gasteiger charge is 2.23. The molecule has 1 aliphatic heterocycles. The second-order valence-corrected chi connectivity index (χ2v) is 6.34. The van der Waals surface area contributed by atoms with Crippen molar-refractivity contribution in [3.05, 3.63) is 11.4 Å². The summed E-state index contributed by atoms with van der Waals surface area (Å²) in [6.45, 7) is 5.81. The van der Waals surface area contributed by atoms with Crippen molar-refractivity contribution in [2.24, 2.45) is 5.92 Å². The molecule has 3 rings (SSSR count). The molecule has 0 bridgehead atoms. The summed E-state index contributed by atoms with van der Waals surface area (Å²) in [5.74, 6) is 2.39. The number of rotatable bonds is 5. The number of fused-ring (bicyclic) bond motifs is 1. The summed E-state index contributed by atoms with van der Waals surface area (Å²) in [6, 6.07) is 2.13. The van der Waals surface area contributed by atoms with Gasteiger partial charge in [0.1, 0.15) is 10.6 Å². The zero-order valence-corrected chi connectivity index (χ0v) is 13.4. The number of hydrogen-bond acceptors (Lipinski definition) is 6. The molecule has 1 fully saturated rings. The Balaban J connectivity index is 1.92. The van der Waals surface area contributed by atoms with Gasteiger partial charge in [-0.3, -0.25) is 0 Å². The van der Waals surface area contributed by atoms with E-state index in [2.05, 4.69) is 33.6 Å².